The van der Waals surface area contributed by atoms with Gasteiger partial charge < -0.3 is 9.15 Å². The smallest absolute Gasteiger partial charge is 0.226 e. The zero-order chi connectivity index (χ0) is 17.3. The molecule has 1 aromatic heterocycles. The Balaban J connectivity index is 1.87. The molecule has 2 heterocycles. The fourth-order valence-electron chi connectivity index (χ4n) is 3.52. The summed E-state index contributed by atoms with van der Waals surface area (Å²) in [5.41, 5.74) is 4.41. The zero-order valence-electron chi connectivity index (χ0n) is 15.5. The Kier molecular flexibility index (Phi) is 4.95. The van der Waals surface area contributed by atoms with E-state index in [-0.39, 0.29) is 0 Å². The minimum absolute atomic E-state index is 0.628. The van der Waals surface area contributed by atoms with Gasteiger partial charge in [0, 0.05) is 18.2 Å². The van der Waals surface area contributed by atoms with Crippen molar-refractivity contribution in [1.82, 2.24) is 9.88 Å². The molecule has 1 aliphatic rings. The number of rotatable bonds is 4. The van der Waals surface area contributed by atoms with Crippen LogP contribution >= 0.6 is 0 Å². The number of ether oxygens (including phenoxy) is 1. The zero-order valence-corrected chi connectivity index (χ0v) is 15.5. The van der Waals surface area contributed by atoms with Gasteiger partial charge in [-0.15, -0.1) is 0 Å². The highest BCUT2D eigenvalue weighted by Crippen LogP contribution is 2.32. The third kappa shape index (κ3) is 3.20. The van der Waals surface area contributed by atoms with Crippen LogP contribution in [0.3, 0.4) is 0 Å². The van der Waals surface area contributed by atoms with Crippen molar-refractivity contribution in [3.63, 3.8) is 0 Å². The summed E-state index contributed by atoms with van der Waals surface area (Å²) in [5, 5.41) is 0. The van der Waals surface area contributed by atoms with Crippen LogP contribution in [0.4, 0.5) is 0 Å². The molecule has 1 fully saturated rings. The lowest BCUT2D eigenvalue weighted by atomic mass is 10.0. The van der Waals surface area contributed by atoms with Gasteiger partial charge in [-0.3, -0.25) is 4.90 Å². The maximum Gasteiger partial charge on any atom is 0.226 e. The second kappa shape index (κ2) is 6.98. The second-order valence-corrected chi connectivity index (χ2v) is 6.90. The van der Waals surface area contributed by atoms with Gasteiger partial charge in [0.15, 0.2) is 0 Å². The summed E-state index contributed by atoms with van der Waals surface area (Å²) in [6.07, 6.45) is 3.90. The third-order valence-corrected chi connectivity index (χ3v) is 5.37. The van der Waals surface area contributed by atoms with Crippen molar-refractivity contribution in [2.75, 3.05) is 13.7 Å². The lowest BCUT2D eigenvalue weighted by molar-refractivity contribution is 0.150. The Morgan fingerprint density at radius 1 is 1.21 bits per heavy atom. The normalized spacial score (nSPS) is 18.8. The maximum absolute atomic E-state index is 6.01. The minimum atomic E-state index is 0.628. The van der Waals surface area contributed by atoms with Gasteiger partial charge in [-0.25, -0.2) is 4.98 Å². The molecule has 4 heteroatoms. The van der Waals surface area contributed by atoms with Crippen LogP contribution in [0.1, 0.15) is 48.8 Å². The second-order valence-electron chi connectivity index (χ2n) is 6.90. The number of methoxy groups -OCH3 is 1. The molecular formula is C20H28N2O2. The number of nitrogens with zero attached hydrogens (tertiary/aromatic N) is 2. The van der Waals surface area contributed by atoms with E-state index in [0.717, 1.165) is 52.9 Å². The molecule has 130 valence electrons. The Hall–Kier alpha value is -1.81. The van der Waals surface area contributed by atoms with E-state index in [1.54, 1.807) is 7.11 Å². The van der Waals surface area contributed by atoms with Crippen LogP contribution in [-0.4, -0.2) is 29.6 Å². The molecule has 0 saturated carbocycles. The highest BCUT2D eigenvalue weighted by molar-refractivity contribution is 5.63. The van der Waals surface area contributed by atoms with E-state index in [4.69, 9.17) is 14.1 Å². The monoisotopic (exact) mass is 328 g/mol. The van der Waals surface area contributed by atoms with Crippen LogP contribution in [0.25, 0.3) is 11.5 Å². The topological polar surface area (TPSA) is 38.5 Å². The largest absolute Gasteiger partial charge is 0.496 e. The number of aromatic nitrogens is 1. The molecule has 0 spiro atoms. The molecule has 1 saturated heterocycles. The molecule has 0 N–H and O–H groups in total. The lowest BCUT2D eigenvalue weighted by Crippen LogP contribution is -2.37. The molecular weight excluding hydrogens is 300 g/mol. The number of benzene rings is 1. The van der Waals surface area contributed by atoms with E-state index in [1.807, 2.05) is 19.1 Å². The molecule has 1 aliphatic heterocycles. The average molecular weight is 328 g/mol. The molecule has 1 aromatic carbocycles. The Morgan fingerprint density at radius 2 is 2.00 bits per heavy atom. The van der Waals surface area contributed by atoms with Crippen molar-refractivity contribution >= 4 is 0 Å². The van der Waals surface area contributed by atoms with Gasteiger partial charge in [-0.1, -0.05) is 6.42 Å². The van der Waals surface area contributed by atoms with E-state index in [0.29, 0.717) is 6.04 Å². The molecule has 0 aliphatic carbocycles. The molecule has 2 aromatic rings. The molecule has 0 bridgehead atoms. The van der Waals surface area contributed by atoms with Crippen molar-refractivity contribution in [1.29, 1.82) is 0 Å². The summed E-state index contributed by atoms with van der Waals surface area (Å²) in [6, 6.07) is 4.66. The number of oxazole rings is 1. The quantitative estimate of drug-likeness (QED) is 0.819. The first-order valence-electron chi connectivity index (χ1n) is 8.86. The third-order valence-electron chi connectivity index (χ3n) is 5.37. The summed E-state index contributed by atoms with van der Waals surface area (Å²) >= 11 is 0. The molecule has 0 radical (unpaired) electrons. The van der Waals surface area contributed by atoms with Gasteiger partial charge in [0.2, 0.25) is 5.89 Å². The van der Waals surface area contributed by atoms with Gasteiger partial charge in [-0.05, 0) is 70.3 Å². The Morgan fingerprint density at radius 3 is 2.71 bits per heavy atom. The van der Waals surface area contributed by atoms with Gasteiger partial charge >= 0.3 is 0 Å². The van der Waals surface area contributed by atoms with E-state index >= 15 is 0 Å². The Bertz CT molecular complexity index is 721. The minimum Gasteiger partial charge on any atom is -0.496 e. The lowest BCUT2D eigenvalue weighted by Gasteiger charge is -2.32. The van der Waals surface area contributed by atoms with Crippen molar-refractivity contribution in [3.8, 4) is 17.2 Å². The Labute approximate surface area is 144 Å². The van der Waals surface area contributed by atoms with Crippen LogP contribution in [0.2, 0.25) is 0 Å². The fraction of sp³-hybridized carbons (Fsp3) is 0.550. The summed E-state index contributed by atoms with van der Waals surface area (Å²) in [5.74, 6) is 2.55. The van der Waals surface area contributed by atoms with E-state index in [2.05, 4.69) is 25.7 Å². The highest BCUT2D eigenvalue weighted by Gasteiger charge is 2.22. The van der Waals surface area contributed by atoms with Crippen molar-refractivity contribution in [2.24, 2.45) is 0 Å². The SMILES string of the molecule is COc1ccc(-c2nc(CN3CCCCC3C)c(C)o2)c(C)c1C. The summed E-state index contributed by atoms with van der Waals surface area (Å²) in [6.45, 7) is 10.5. The summed E-state index contributed by atoms with van der Waals surface area (Å²) < 4.78 is 11.4. The molecule has 24 heavy (non-hydrogen) atoms. The van der Waals surface area contributed by atoms with Crippen molar-refractivity contribution in [2.45, 2.75) is 59.5 Å². The predicted octanol–water partition coefficient (Wildman–Crippen LogP) is 4.65. The number of aryl methyl sites for hydroxylation is 1. The molecule has 1 atom stereocenters. The number of hydrogen-bond donors (Lipinski definition) is 0. The molecule has 0 amide bonds. The predicted molar refractivity (Wildman–Crippen MR) is 96.4 cm³/mol. The average Bonchev–Trinajstić information content (AvgIpc) is 2.93. The van der Waals surface area contributed by atoms with E-state index in [9.17, 15) is 0 Å². The van der Waals surface area contributed by atoms with Crippen LogP contribution in [0.15, 0.2) is 16.5 Å². The summed E-state index contributed by atoms with van der Waals surface area (Å²) in [4.78, 5) is 7.33. The standard InChI is InChI=1S/C20H28N2O2/c1-13-8-6-7-11-22(13)12-18-16(4)24-20(21-18)17-9-10-19(23-5)15(3)14(17)2/h9-10,13H,6-8,11-12H2,1-5H3. The van der Waals surface area contributed by atoms with Crippen LogP contribution < -0.4 is 4.74 Å². The molecule has 4 nitrogen and oxygen atoms in total. The highest BCUT2D eigenvalue weighted by atomic mass is 16.5. The number of piperidine rings is 1. The van der Waals surface area contributed by atoms with Gasteiger partial charge in [0.1, 0.15) is 11.5 Å². The fourth-order valence-corrected chi connectivity index (χ4v) is 3.52. The first-order valence-corrected chi connectivity index (χ1v) is 8.86. The summed E-state index contributed by atoms with van der Waals surface area (Å²) in [7, 11) is 1.70. The van der Waals surface area contributed by atoms with E-state index < -0.39 is 0 Å². The molecule has 1 unspecified atom stereocenters. The first kappa shape index (κ1) is 17.0. The van der Waals surface area contributed by atoms with Gasteiger partial charge in [0.05, 0.1) is 12.8 Å². The van der Waals surface area contributed by atoms with Crippen molar-refractivity contribution < 1.29 is 9.15 Å². The molecule has 3 rings (SSSR count). The van der Waals surface area contributed by atoms with Crippen LogP contribution in [0, 0.1) is 20.8 Å². The first-order chi connectivity index (χ1) is 11.5. The maximum atomic E-state index is 6.01. The van der Waals surface area contributed by atoms with E-state index in [1.165, 1.54) is 19.3 Å². The van der Waals surface area contributed by atoms with Gasteiger partial charge in [0.25, 0.3) is 0 Å². The van der Waals surface area contributed by atoms with Crippen LogP contribution in [0.5, 0.6) is 5.75 Å². The van der Waals surface area contributed by atoms with Crippen molar-refractivity contribution in [3.05, 3.63) is 34.7 Å². The number of likely N-dealkylation sites (tertiary alicyclic amines) is 1. The van der Waals surface area contributed by atoms with Crippen LogP contribution in [-0.2, 0) is 6.54 Å². The van der Waals surface area contributed by atoms with Gasteiger partial charge in [-0.2, -0.15) is 0 Å². The number of hydrogen-bond acceptors (Lipinski definition) is 4.